The Morgan fingerprint density at radius 3 is 2.69 bits per heavy atom. The maximum atomic E-state index is 12.4. The monoisotopic (exact) mass is 377 g/mol. The molecule has 3 rings (SSSR count). The fraction of sp³-hybridized carbons (Fsp3) is 0.188. The zero-order valence-electron chi connectivity index (χ0n) is 13.5. The first kappa shape index (κ1) is 17.8. The lowest BCUT2D eigenvalue weighted by molar-refractivity contribution is -0.385. The average Bonchev–Trinajstić information content (AvgIpc) is 3.02. The molecule has 0 atom stereocenters. The first-order valence-electron chi connectivity index (χ1n) is 7.59. The summed E-state index contributed by atoms with van der Waals surface area (Å²) in [6.07, 6.45) is 0.482. The number of carbonyl (C=O) groups excluding carboxylic acids is 1. The summed E-state index contributed by atoms with van der Waals surface area (Å²) in [5.74, 6) is -0.375. The van der Waals surface area contributed by atoms with Crippen LogP contribution in [0.1, 0.15) is 5.56 Å². The third-order valence-electron chi connectivity index (χ3n) is 3.99. The number of nitrogens with zero attached hydrogens (tertiary/aromatic N) is 2. The molecule has 9 nitrogen and oxygen atoms in total. The quantitative estimate of drug-likeness (QED) is 0.615. The number of para-hydroxylation sites is 2. The van der Waals surface area contributed by atoms with Crippen LogP contribution in [-0.4, -0.2) is 32.4 Å². The summed E-state index contributed by atoms with van der Waals surface area (Å²) in [6.45, 7) is -0.0102. The standard InChI is InChI=1S/C16H15N3O6S/c17-26(23,24)12-5-6-13-11(9-12)7-8-18(13)16(20)10-25-15-4-2-1-3-14(15)19(21)22/h1-6,9H,7-8,10H2,(H2,17,23,24). The van der Waals surface area contributed by atoms with Crippen LogP contribution < -0.4 is 14.8 Å². The van der Waals surface area contributed by atoms with Gasteiger partial charge in [-0.25, -0.2) is 13.6 Å². The van der Waals surface area contributed by atoms with Crippen LogP contribution in [-0.2, 0) is 21.2 Å². The van der Waals surface area contributed by atoms with Crippen molar-refractivity contribution in [2.45, 2.75) is 11.3 Å². The predicted molar refractivity (Wildman–Crippen MR) is 92.5 cm³/mol. The topological polar surface area (TPSA) is 133 Å². The third-order valence-corrected chi connectivity index (χ3v) is 4.90. The molecule has 2 N–H and O–H groups in total. The Balaban J connectivity index is 1.75. The molecule has 2 aromatic rings. The summed E-state index contributed by atoms with van der Waals surface area (Å²) in [4.78, 5) is 24.3. The number of primary sulfonamides is 1. The lowest BCUT2D eigenvalue weighted by Crippen LogP contribution is -2.33. The molecule has 0 aromatic heterocycles. The van der Waals surface area contributed by atoms with Crippen LogP contribution in [0, 0.1) is 10.1 Å². The van der Waals surface area contributed by atoms with E-state index in [4.69, 9.17) is 9.88 Å². The van der Waals surface area contributed by atoms with Gasteiger partial charge in [-0.3, -0.25) is 14.9 Å². The van der Waals surface area contributed by atoms with Crippen LogP contribution >= 0.6 is 0 Å². The van der Waals surface area contributed by atoms with E-state index < -0.39 is 14.9 Å². The van der Waals surface area contributed by atoms with Crippen molar-refractivity contribution in [3.8, 4) is 5.75 Å². The molecule has 0 aliphatic carbocycles. The van der Waals surface area contributed by atoms with Gasteiger partial charge in [0, 0.05) is 18.3 Å². The number of nitrogens with two attached hydrogens (primary N) is 1. The molecule has 0 saturated heterocycles. The number of anilines is 1. The molecule has 0 unspecified atom stereocenters. The average molecular weight is 377 g/mol. The summed E-state index contributed by atoms with van der Waals surface area (Å²) in [5, 5.41) is 16.1. The molecular weight excluding hydrogens is 362 g/mol. The van der Waals surface area contributed by atoms with Crippen LogP contribution in [0.3, 0.4) is 0 Å². The molecule has 0 radical (unpaired) electrons. The van der Waals surface area contributed by atoms with E-state index in [0.29, 0.717) is 24.2 Å². The van der Waals surface area contributed by atoms with E-state index in [9.17, 15) is 23.3 Å². The molecule has 1 aliphatic heterocycles. The molecule has 2 aromatic carbocycles. The molecule has 0 fully saturated rings. The van der Waals surface area contributed by atoms with E-state index in [-0.39, 0.29) is 28.8 Å². The number of amides is 1. The highest BCUT2D eigenvalue weighted by Gasteiger charge is 2.27. The number of ether oxygens (including phenoxy) is 1. The second-order valence-corrected chi connectivity index (χ2v) is 7.21. The second kappa shape index (κ2) is 6.73. The summed E-state index contributed by atoms with van der Waals surface area (Å²) < 4.78 is 28.2. The number of nitro benzene ring substituents is 1. The Morgan fingerprint density at radius 2 is 2.00 bits per heavy atom. The summed E-state index contributed by atoms with van der Waals surface area (Å²) in [7, 11) is -3.81. The molecule has 26 heavy (non-hydrogen) atoms. The minimum Gasteiger partial charge on any atom is -0.477 e. The molecule has 1 amide bonds. The van der Waals surface area contributed by atoms with E-state index in [1.165, 1.54) is 41.3 Å². The minimum absolute atomic E-state index is 0.00911. The van der Waals surface area contributed by atoms with Crippen molar-refractivity contribution in [3.63, 3.8) is 0 Å². The van der Waals surface area contributed by atoms with E-state index in [1.54, 1.807) is 6.07 Å². The fourth-order valence-electron chi connectivity index (χ4n) is 2.76. The Hall–Kier alpha value is -2.98. The van der Waals surface area contributed by atoms with Crippen molar-refractivity contribution >= 4 is 27.3 Å². The number of benzene rings is 2. The van der Waals surface area contributed by atoms with Crippen molar-refractivity contribution in [2.75, 3.05) is 18.1 Å². The van der Waals surface area contributed by atoms with Gasteiger partial charge >= 0.3 is 5.69 Å². The number of nitro groups is 1. The van der Waals surface area contributed by atoms with Crippen molar-refractivity contribution in [2.24, 2.45) is 5.14 Å². The zero-order chi connectivity index (χ0) is 18.9. The Kier molecular flexibility index (Phi) is 4.62. The maximum Gasteiger partial charge on any atom is 0.310 e. The predicted octanol–water partition coefficient (Wildman–Crippen LogP) is 1.21. The molecule has 1 heterocycles. The highest BCUT2D eigenvalue weighted by molar-refractivity contribution is 7.89. The SMILES string of the molecule is NS(=O)(=O)c1ccc2c(c1)CCN2C(=O)COc1ccccc1[N+](=O)[O-]. The molecule has 10 heteroatoms. The minimum atomic E-state index is -3.81. The lowest BCUT2D eigenvalue weighted by atomic mass is 10.2. The van der Waals surface area contributed by atoms with Crippen LogP contribution in [0.25, 0.3) is 0 Å². The van der Waals surface area contributed by atoms with Crippen molar-refractivity contribution in [3.05, 3.63) is 58.1 Å². The van der Waals surface area contributed by atoms with Gasteiger partial charge in [0.25, 0.3) is 5.91 Å². The normalized spacial score (nSPS) is 13.3. The first-order valence-corrected chi connectivity index (χ1v) is 9.14. The van der Waals surface area contributed by atoms with Crippen molar-refractivity contribution in [1.82, 2.24) is 0 Å². The van der Waals surface area contributed by atoms with E-state index in [2.05, 4.69) is 0 Å². The van der Waals surface area contributed by atoms with Gasteiger partial charge in [0.2, 0.25) is 10.0 Å². The molecule has 0 saturated carbocycles. The van der Waals surface area contributed by atoms with Crippen LogP contribution in [0.5, 0.6) is 5.75 Å². The maximum absolute atomic E-state index is 12.4. The molecule has 1 aliphatic rings. The van der Waals surface area contributed by atoms with Gasteiger partial charge in [-0.1, -0.05) is 12.1 Å². The van der Waals surface area contributed by atoms with Gasteiger partial charge in [-0.05, 0) is 36.2 Å². The van der Waals surface area contributed by atoms with E-state index in [1.807, 2.05) is 0 Å². The Bertz CT molecular complexity index is 989. The first-order chi connectivity index (χ1) is 12.3. The Labute approximate surface area is 149 Å². The van der Waals surface area contributed by atoms with Crippen LogP contribution in [0.15, 0.2) is 47.4 Å². The number of fused-ring (bicyclic) bond motifs is 1. The number of hydrogen-bond acceptors (Lipinski definition) is 6. The Morgan fingerprint density at radius 1 is 1.27 bits per heavy atom. The second-order valence-electron chi connectivity index (χ2n) is 5.64. The highest BCUT2D eigenvalue weighted by Crippen LogP contribution is 2.31. The zero-order valence-corrected chi connectivity index (χ0v) is 14.3. The molecule has 136 valence electrons. The number of rotatable bonds is 5. The van der Waals surface area contributed by atoms with Gasteiger partial charge in [-0.15, -0.1) is 0 Å². The van der Waals surface area contributed by atoms with Crippen LogP contribution in [0.2, 0.25) is 0 Å². The molecule has 0 spiro atoms. The van der Waals surface area contributed by atoms with E-state index >= 15 is 0 Å². The lowest BCUT2D eigenvalue weighted by Gasteiger charge is -2.17. The van der Waals surface area contributed by atoms with Crippen molar-refractivity contribution in [1.29, 1.82) is 0 Å². The smallest absolute Gasteiger partial charge is 0.310 e. The van der Waals surface area contributed by atoms with Gasteiger partial charge in [-0.2, -0.15) is 0 Å². The number of carbonyl (C=O) groups is 1. The van der Waals surface area contributed by atoms with Crippen molar-refractivity contribution < 1.29 is 22.9 Å². The van der Waals surface area contributed by atoms with Gasteiger partial charge < -0.3 is 9.64 Å². The fourth-order valence-corrected chi connectivity index (χ4v) is 3.33. The summed E-state index contributed by atoms with van der Waals surface area (Å²) in [5.41, 5.74) is 1.05. The van der Waals surface area contributed by atoms with Gasteiger partial charge in [0.05, 0.1) is 9.82 Å². The van der Waals surface area contributed by atoms with Gasteiger partial charge in [0.15, 0.2) is 12.4 Å². The number of sulfonamides is 1. The summed E-state index contributed by atoms with van der Waals surface area (Å²) in [6, 6.07) is 10.1. The van der Waals surface area contributed by atoms with Gasteiger partial charge in [0.1, 0.15) is 0 Å². The van der Waals surface area contributed by atoms with Crippen LogP contribution in [0.4, 0.5) is 11.4 Å². The molecule has 0 bridgehead atoms. The number of hydrogen-bond donors (Lipinski definition) is 1. The van der Waals surface area contributed by atoms with E-state index in [0.717, 1.165) is 0 Å². The third kappa shape index (κ3) is 3.51. The largest absolute Gasteiger partial charge is 0.477 e. The highest BCUT2D eigenvalue weighted by atomic mass is 32.2. The molecular formula is C16H15N3O6S. The summed E-state index contributed by atoms with van der Waals surface area (Å²) >= 11 is 0.